The summed E-state index contributed by atoms with van der Waals surface area (Å²) in [7, 11) is 1.24. The molecule has 0 fully saturated rings. The summed E-state index contributed by atoms with van der Waals surface area (Å²) in [5.74, 6) is -0.729. The van der Waals surface area contributed by atoms with Crippen molar-refractivity contribution in [2.45, 2.75) is 0 Å². The molecule has 0 heterocycles. The Hall–Kier alpha value is -1.91. The van der Waals surface area contributed by atoms with E-state index in [1.165, 1.54) is 19.2 Å². The first-order valence-electron chi connectivity index (χ1n) is 3.85. The molecular formula is C9H10O5. The standard InChI is InChI=1S/C9H10O5/c1-13-9(12)5-14-8-3-2-6(10)4-7(8)11/h2-4,10-11H,5H2,1H3. The zero-order valence-corrected chi connectivity index (χ0v) is 7.56. The Morgan fingerprint density at radius 3 is 2.71 bits per heavy atom. The molecule has 1 rings (SSSR count). The van der Waals surface area contributed by atoms with Crippen LogP contribution in [0, 0.1) is 0 Å². The molecule has 1 aromatic rings. The summed E-state index contributed by atoms with van der Waals surface area (Å²) < 4.78 is 9.25. The van der Waals surface area contributed by atoms with Crippen LogP contribution in [0.25, 0.3) is 0 Å². The minimum Gasteiger partial charge on any atom is -0.508 e. The molecule has 76 valence electrons. The molecule has 5 heteroatoms. The first-order chi connectivity index (χ1) is 6.63. The first kappa shape index (κ1) is 10.2. The average Bonchev–Trinajstić information content (AvgIpc) is 2.16. The van der Waals surface area contributed by atoms with Gasteiger partial charge >= 0.3 is 5.97 Å². The number of aromatic hydroxyl groups is 2. The number of carbonyl (C=O) groups excluding carboxylic acids is 1. The van der Waals surface area contributed by atoms with Crippen LogP contribution >= 0.6 is 0 Å². The summed E-state index contributed by atoms with van der Waals surface area (Å²) in [5, 5.41) is 18.2. The van der Waals surface area contributed by atoms with Crippen molar-refractivity contribution in [2.75, 3.05) is 13.7 Å². The predicted molar refractivity (Wildman–Crippen MR) is 47.3 cm³/mol. The van der Waals surface area contributed by atoms with E-state index >= 15 is 0 Å². The van der Waals surface area contributed by atoms with E-state index in [-0.39, 0.29) is 23.9 Å². The maximum absolute atomic E-state index is 10.7. The molecule has 0 aliphatic rings. The molecule has 0 aliphatic heterocycles. The Balaban J connectivity index is 2.63. The summed E-state index contributed by atoms with van der Waals surface area (Å²) in [6.07, 6.45) is 0. The monoisotopic (exact) mass is 198 g/mol. The zero-order valence-electron chi connectivity index (χ0n) is 7.56. The molecule has 0 unspecified atom stereocenters. The van der Waals surface area contributed by atoms with Crippen LogP contribution in [0.15, 0.2) is 18.2 Å². The fourth-order valence-electron chi connectivity index (χ4n) is 0.823. The Kier molecular flexibility index (Phi) is 3.17. The molecule has 2 N–H and O–H groups in total. The van der Waals surface area contributed by atoms with E-state index in [1.807, 2.05) is 0 Å². The molecule has 0 aromatic heterocycles. The van der Waals surface area contributed by atoms with E-state index in [1.54, 1.807) is 0 Å². The smallest absolute Gasteiger partial charge is 0.343 e. The fourth-order valence-corrected chi connectivity index (χ4v) is 0.823. The van der Waals surface area contributed by atoms with Gasteiger partial charge in [0, 0.05) is 6.07 Å². The molecule has 0 spiro atoms. The topological polar surface area (TPSA) is 76.0 Å². The van der Waals surface area contributed by atoms with E-state index in [2.05, 4.69) is 4.74 Å². The van der Waals surface area contributed by atoms with Crippen LogP contribution < -0.4 is 4.74 Å². The summed E-state index contributed by atoms with van der Waals surface area (Å²) in [6, 6.07) is 3.81. The van der Waals surface area contributed by atoms with E-state index in [9.17, 15) is 9.90 Å². The Morgan fingerprint density at radius 2 is 2.14 bits per heavy atom. The van der Waals surface area contributed by atoms with E-state index < -0.39 is 5.97 Å². The molecule has 1 aromatic carbocycles. The largest absolute Gasteiger partial charge is 0.508 e. The predicted octanol–water partition coefficient (Wildman–Crippen LogP) is 0.650. The lowest BCUT2D eigenvalue weighted by Gasteiger charge is -2.06. The van der Waals surface area contributed by atoms with Crippen molar-refractivity contribution in [3.63, 3.8) is 0 Å². The number of carbonyl (C=O) groups is 1. The van der Waals surface area contributed by atoms with Gasteiger partial charge in [0.15, 0.2) is 18.1 Å². The molecule has 0 saturated heterocycles. The summed E-state index contributed by atoms with van der Waals surface area (Å²) >= 11 is 0. The van der Waals surface area contributed by atoms with Gasteiger partial charge in [0.2, 0.25) is 0 Å². The average molecular weight is 198 g/mol. The Labute approximate surface area is 80.5 Å². The Bertz CT molecular complexity index is 334. The van der Waals surface area contributed by atoms with Gasteiger partial charge in [-0.05, 0) is 12.1 Å². The lowest BCUT2D eigenvalue weighted by molar-refractivity contribution is -0.142. The number of esters is 1. The van der Waals surface area contributed by atoms with Crippen LogP contribution in [0.2, 0.25) is 0 Å². The highest BCUT2D eigenvalue weighted by Crippen LogP contribution is 2.29. The number of benzene rings is 1. The van der Waals surface area contributed by atoms with Crippen LogP contribution in [0.5, 0.6) is 17.2 Å². The third-order valence-electron chi connectivity index (χ3n) is 1.52. The van der Waals surface area contributed by atoms with Crippen molar-refractivity contribution >= 4 is 5.97 Å². The highest BCUT2D eigenvalue weighted by Gasteiger charge is 2.06. The van der Waals surface area contributed by atoms with Gasteiger partial charge in [0.05, 0.1) is 7.11 Å². The summed E-state index contributed by atoms with van der Waals surface area (Å²) in [5.41, 5.74) is 0. The molecule has 0 bridgehead atoms. The highest BCUT2D eigenvalue weighted by atomic mass is 16.6. The van der Waals surface area contributed by atoms with Crippen molar-refractivity contribution < 1.29 is 24.5 Å². The van der Waals surface area contributed by atoms with Crippen LogP contribution in [0.4, 0.5) is 0 Å². The van der Waals surface area contributed by atoms with E-state index in [0.717, 1.165) is 6.07 Å². The quantitative estimate of drug-likeness (QED) is 0.697. The minimum atomic E-state index is -0.544. The number of hydrogen-bond acceptors (Lipinski definition) is 5. The van der Waals surface area contributed by atoms with Gasteiger partial charge in [0.25, 0.3) is 0 Å². The van der Waals surface area contributed by atoms with Crippen LogP contribution in [0.1, 0.15) is 0 Å². The molecular weight excluding hydrogens is 188 g/mol. The molecule has 14 heavy (non-hydrogen) atoms. The lowest BCUT2D eigenvalue weighted by atomic mass is 10.3. The fraction of sp³-hybridized carbons (Fsp3) is 0.222. The number of phenolic OH excluding ortho intramolecular Hbond substituents is 2. The number of rotatable bonds is 3. The van der Waals surface area contributed by atoms with Crippen LogP contribution in [0.3, 0.4) is 0 Å². The van der Waals surface area contributed by atoms with Gasteiger partial charge in [-0.15, -0.1) is 0 Å². The van der Waals surface area contributed by atoms with Crippen LogP contribution in [-0.4, -0.2) is 29.9 Å². The second-order valence-electron chi connectivity index (χ2n) is 2.52. The van der Waals surface area contributed by atoms with Crippen molar-refractivity contribution in [3.8, 4) is 17.2 Å². The van der Waals surface area contributed by atoms with Gasteiger partial charge < -0.3 is 19.7 Å². The summed E-state index contributed by atoms with van der Waals surface area (Å²) in [4.78, 5) is 10.7. The van der Waals surface area contributed by atoms with E-state index in [0.29, 0.717) is 0 Å². The highest BCUT2D eigenvalue weighted by molar-refractivity contribution is 5.71. The van der Waals surface area contributed by atoms with Gasteiger partial charge in [-0.25, -0.2) is 4.79 Å². The lowest BCUT2D eigenvalue weighted by Crippen LogP contribution is -2.12. The molecule has 0 aliphatic carbocycles. The molecule has 0 saturated carbocycles. The molecule has 0 amide bonds. The second kappa shape index (κ2) is 4.36. The van der Waals surface area contributed by atoms with Crippen molar-refractivity contribution in [1.82, 2.24) is 0 Å². The number of methoxy groups -OCH3 is 1. The maximum Gasteiger partial charge on any atom is 0.343 e. The van der Waals surface area contributed by atoms with Gasteiger partial charge in [-0.2, -0.15) is 0 Å². The first-order valence-corrected chi connectivity index (χ1v) is 3.85. The SMILES string of the molecule is COC(=O)COc1ccc(O)cc1O. The maximum atomic E-state index is 10.7. The van der Waals surface area contributed by atoms with Crippen molar-refractivity contribution in [1.29, 1.82) is 0 Å². The van der Waals surface area contributed by atoms with Crippen LogP contribution in [-0.2, 0) is 9.53 Å². The van der Waals surface area contributed by atoms with Gasteiger partial charge in [-0.3, -0.25) is 0 Å². The molecule has 0 radical (unpaired) electrons. The summed E-state index contributed by atoms with van der Waals surface area (Å²) in [6.45, 7) is -0.283. The molecule has 5 nitrogen and oxygen atoms in total. The minimum absolute atomic E-state index is 0.0760. The zero-order chi connectivity index (χ0) is 10.6. The van der Waals surface area contributed by atoms with E-state index in [4.69, 9.17) is 9.84 Å². The van der Waals surface area contributed by atoms with Crippen molar-refractivity contribution in [2.24, 2.45) is 0 Å². The number of ether oxygens (including phenoxy) is 2. The number of hydrogen-bond donors (Lipinski definition) is 2. The Morgan fingerprint density at radius 1 is 1.43 bits per heavy atom. The van der Waals surface area contributed by atoms with Gasteiger partial charge in [0.1, 0.15) is 5.75 Å². The normalized spacial score (nSPS) is 9.50. The third kappa shape index (κ3) is 2.55. The van der Waals surface area contributed by atoms with Crippen molar-refractivity contribution in [3.05, 3.63) is 18.2 Å². The molecule has 0 atom stereocenters. The third-order valence-corrected chi connectivity index (χ3v) is 1.52. The van der Waals surface area contributed by atoms with Gasteiger partial charge in [-0.1, -0.05) is 0 Å². The number of phenols is 2. The second-order valence-corrected chi connectivity index (χ2v) is 2.52.